The fourth-order valence-corrected chi connectivity index (χ4v) is 1.51. The largest absolute Gasteiger partial charge is 0.350 e. The SMILES string of the molecule is CS(=O)(=O)CCNC(=O)c1ccc(C#N)cn1. The molecule has 1 N–H and O–H groups in total. The number of sulfone groups is 1. The first kappa shape index (κ1) is 13.1. The van der Waals surface area contributed by atoms with Gasteiger partial charge in [0, 0.05) is 19.0 Å². The van der Waals surface area contributed by atoms with Crippen LogP contribution in [-0.2, 0) is 9.84 Å². The number of pyridine rings is 1. The van der Waals surface area contributed by atoms with Gasteiger partial charge in [-0.1, -0.05) is 0 Å². The van der Waals surface area contributed by atoms with Crippen molar-refractivity contribution in [3.8, 4) is 6.07 Å². The molecule has 1 aromatic heterocycles. The highest BCUT2D eigenvalue weighted by molar-refractivity contribution is 7.90. The highest BCUT2D eigenvalue weighted by Crippen LogP contribution is 1.98. The number of carbonyl (C=O) groups is 1. The van der Waals surface area contributed by atoms with Gasteiger partial charge >= 0.3 is 0 Å². The third-order valence-corrected chi connectivity index (χ3v) is 2.83. The average Bonchev–Trinajstić information content (AvgIpc) is 2.27. The second kappa shape index (κ2) is 5.41. The van der Waals surface area contributed by atoms with E-state index >= 15 is 0 Å². The minimum atomic E-state index is -3.09. The van der Waals surface area contributed by atoms with Crippen LogP contribution in [0.3, 0.4) is 0 Å². The molecule has 0 aliphatic heterocycles. The van der Waals surface area contributed by atoms with Crippen LogP contribution in [0.25, 0.3) is 0 Å². The maximum absolute atomic E-state index is 11.5. The fraction of sp³-hybridized carbons (Fsp3) is 0.300. The van der Waals surface area contributed by atoms with Crippen LogP contribution in [0.4, 0.5) is 0 Å². The van der Waals surface area contributed by atoms with Gasteiger partial charge in [-0.05, 0) is 12.1 Å². The average molecular weight is 253 g/mol. The molecule has 7 heteroatoms. The van der Waals surface area contributed by atoms with Crippen LogP contribution in [0.5, 0.6) is 0 Å². The molecule has 0 spiro atoms. The van der Waals surface area contributed by atoms with E-state index in [9.17, 15) is 13.2 Å². The molecule has 17 heavy (non-hydrogen) atoms. The van der Waals surface area contributed by atoms with Crippen LogP contribution < -0.4 is 5.32 Å². The Kier molecular flexibility index (Phi) is 4.17. The summed E-state index contributed by atoms with van der Waals surface area (Å²) in [7, 11) is -3.09. The highest BCUT2D eigenvalue weighted by atomic mass is 32.2. The number of nitrogens with zero attached hydrogens (tertiary/aromatic N) is 2. The molecular weight excluding hydrogens is 242 g/mol. The molecule has 0 aliphatic carbocycles. The summed E-state index contributed by atoms with van der Waals surface area (Å²) in [6.45, 7) is 0.0410. The van der Waals surface area contributed by atoms with Gasteiger partial charge in [0.1, 0.15) is 21.6 Å². The van der Waals surface area contributed by atoms with Crippen LogP contribution in [0.15, 0.2) is 18.3 Å². The van der Waals surface area contributed by atoms with Crippen LogP contribution in [-0.4, -0.2) is 37.9 Å². The Hall–Kier alpha value is -1.94. The second-order valence-corrected chi connectivity index (χ2v) is 5.69. The zero-order chi connectivity index (χ0) is 12.9. The van der Waals surface area contributed by atoms with Crippen LogP contribution in [0, 0.1) is 11.3 Å². The molecular formula is C10H11N3O3S. The van der Waals surface area contributed by atoms with Crippen molar-refractivity contribution in [3.05, 3.63) is 29.6 Å². The van der Waals surface area contributed by atoms with Crippen LogP contribution in [0.2, 0.25) is 0 Å². The Morgan fingerprint density at radius 2 is 2.24 bits per heavy atom. The zero-order valence-corrected chi connectivity index (χ0v) is 9.99. The van der Waals surface area contributed by atoms with Gasteiger partial charge in [-0.2, -0.15) is 5.26 Å². The van der Waals surface area contributed by atoms with Gasteiger partial charge in [0.25, 0.3) is 5.91 Å². The molecule has 0 saturated heterocycles. The molecule has 1 aromatic rings. The summed E-state index contributed by atoms with van der Waals surface area (Å²) in [6, 6.07) is 4.76. The van der Waals surface area contributed by atoms with Gasteiger partial charge in [0.15, 0.2) is 0 Å². The number of rotatable bonds is 4. The van der Waals surface area contributed by atoms with Crippen LogP contribution in [0.1, 0.15) is 16.1 Å². The lowest BCUT2D eigenvalue weighted by atomic mass is 10.2. The van der Waals surface area contributed by atoms with Gasteiger partial charge in [0.05, 0.1) is 11.3 Å². The van der Waals surface area contributed by atoms with Crippen molar-refractivity contribution in [2.24, 2.45) is 0 Å². The number of amides is 1. The summed E-state index contributed by atoms with van der Waals surface area (Å²) >= 11 is 0. The summed E-state index contributed by atoms with van der Waals surface area (Å²) in [5.74, 6) is -0.576. The van der Waals surface area contributed by atoms with Crippen molar-refractivity contribution < 1.29 is 13.2 Å². The molecule has 6 nitrogen and oxygen atoms in total. The lowest BCUT2D eigenvalue weighted by molar-refractivity contribution is 0.0951. The molecule has 0 aliphatic rings. The minimum Gasteiger partial charge on any atom is -0.350 e. The topological polar surface area (TPSA) is 99.9 Å². The predicted molar refractivity (Wildman–Crippen MR) is 61.0 cm³/mol. The quantitative estimate of drug-likeness (QED) is 0.796. The summed E-state index contributed by atoms with van der Waals surface area (Å²) in [5, 5.41) is 11.0. The summed E-state index contributed by atoms with van der Waals surface area (Å²) in [4.78, 5) is 15.3. The van der Waals surface area contributed by atoms with Crippen LogP contribution >= 0.6 is 0 Å². The Morgan fingerprint density at radius 1 is 1.53 bits per heavy atom. The zero-order valence-electron chi connectivity index (χ0n) is 9.17. The Bertz CT molecular complexity index is 543. The van der Waals surface area contributed by atoms with Crippen molar-refractivity contribution in [2.45, 2.75) is 0 Å². The molecule has 1 amide bonds. The first-order valence-corrected chi connectivity index (χ1v) is 6.80. The first-order chi connectivity index (χ1) is 7.92. The van der Waals surface area contributed by atoms with Crippen molar-refractivity contribution in [3.63, 3.8) is 0 Å². The van der Waals surface area contributed by atoms with E-state index in [-0.39, 0.29) is 18.0 Å². The number of nitriles is 1. The first-order valence-electron chi connectivity index (χ1n) is 4.74. The van der Waals surface area contributed by atoms with Crippen molar-refractivity contribution in [1.29, 1.82) is 5.26 Å². The molecule has 1 rings (SSSR count). The number of carbonyl (C=O) groups excluding carboxylic acids is 1. The lowest BCUT2D eigenvalue weighted by Gasteiger charge is -2.03. The second-order valence-electron chi connectivity index (χ2n) is 3.43. The minimum absolute atomic E-state index is 0.0410. The maximum Gasteiger partial charge on any atom is 0.269 e. The van der Waals surface area contributed by atoms with E-state index in [1.54, 1.807) is 0 Å². The summed E-state index contributed by atoms with van der Waals surface area (Å²) < 4.78 is 21.7. The van der Waals surface area contributed by atoms with E-state index in [0.717, 1.165) is 6.26 Å². The molecule has 0 aromatic carbocycles. The van der Waals surface area contributed by atoms with E-state index in [4.69, 9.17) is 5.26 Å². The molecule has 0 atom stereocenters. The van der Waals surface area contributed by atoms with Crippen molar-refractivity contribution in [1.82, 2.24) is 10.3 Å². The summed E-state index contributed by atoms with van der Waals surface area (Å²) in [5.41, 5.74) is 0.509. The Balaban J connectivity index is 2.56. The van der Waals surface area contributed by atoms with Gasteiger partial charge < -0.3 is 5.32 Å². The third-order valence-electron chi connectivity index (χ3n) is 1.88. The van der Waals surface area contributed by atoms with E-state index in [1.165, 1.54) is 18.3 Å². The van der Waals surface area contributed by atoms with Gasteiger partial charge in [-0.15, -0.1) is 0 Å². The molecule has 0 fully saturated rings. The van der Waals surface area contributed by atoms with E-state index < -0.39 is 15.7 Å². The molecule has 1 heterocycles. The molecule has 90 valence electrons. The number of aromatic nitrogens is 1. The standard InChI is InChI=1S/C10H11N3O3S/c1-17(15,16)5-4-12-10(14)9-3-2-8(6-11)7-13-9/h2-3,7H,4-5H2,1H3,(H,12,14). The van der Waals surface area contributed by atoms with Gasteiger partial charge in [0.2, 0.25) is 0 Å². The third kappa shape index (κ3) is 4.61. The smallest absolute Gasteiger partial charge is 0.269 e. The lowest BCUT2D eigenvalue weighted by Crippen LogP contribution is -2.29. The van der Waals surface area contributed by atoms with E-state index in [0.29, 0.717) is 5.56 Å². The summed E-state index contributed by atoms with van der Waals surface area (Å²) in [6.07, 6.45) is 2.38. The number of hydrogen-bond acceptors (Lipinski definition) is 5. The van der Waals surface area contributed by atoms with Crippen molar-refractivity contribution >= 4 is 15.7 Å². The number of hydrogen-bond donors (Lipinski definition) is 1. The molecule has 0 bridgehead atoms. The Morgan fingerprint density at radius 3 is 2.71 bits per heavy atom. The molecule has 0 saturated carbocycles. The molecule has 0 unspecified atom stereocenters. The van der Waals surface area contributed by atoms with Crippen molar-refractivity contribution in [2.75, 3.05) is 18.6 Å². The monoisotopic (exact) mass is 253 g/mol. The normalized spacial score (nSPS) is 10.6. The van der Waals surface area contributed by atoms with E-state index in [2.05, 4.69) is 10.3 Å². The number of nitrogens with one attached hydrogen (secondary N) is 1. The Labute approximate surface area is 99.2 Å². The van der Waals surface area contributed by atoms with Gasteiger partial charge in [-0.25, -0.2) is 13.4 Å². The maximum atomic E-state index is 11.5. The molecule has 0 radical (unpaired) electrons. The highest BCUT2D eigenvalue weighted by Gasteiger charge is 2.08. The predicted octanol–water partition coefficient (Wildman–Crippen LogP) is -0.272. The van der Waals surface area contributed by atoms with Gasteiger partial charge in [-0.3, -0.25) is 4.79 Å². The van der Waals surface area contributed by atoms with E-state index in [1.807, 2.05) is 6.07 Å². The fourth-order valence-electron chi connectivity index (χ4n) is 1.03.